The Balaban J connectivity index is 1.96. The highest BCUT2D eigenvalue weighted by Crippen LogP contribution is 2.22. The van der Waals surface area contributed by atoms with Crippen LogP contribution in [0.15, 0.2) is 24.3 Å². The molecule has 0 bridgehead atoms. The van der Waals surface area contributed by atoms with Crippen LogP contribution in [0.4, 0.5) is 4.39 Å². The predicted octanol–water partition coefficient (Wildman–Crippen LogP) is 2.67. The molecule has 1 saturated heterocycles. The van der Waals surface area contributed by atoms with E-state index >= 15 is 0 Å². The van der Waals surface area contributed by atoms with Crippen LogP contribution >= 0.6 is 0 Å². The van der Waals surface area contributed by atoms with Crippen molar-refractivity contribution < 1.29 is 4.39 Å². The highest BCUT2D eigenvalue weighted by atomic mass is 19.1. The Bertz CT molecular complexity index is 288. The molecule has 0 spiro atoms. The molecule has 1 heterocycles. The molecule has 1 atom stereocenters. The summed E-state index contributed by atoms with van der Waals surface area (Å²) in [5.74, 6) is 0.681. The Morgan fingerprint density at radius 2 is 2.07 bits per heavy atom. The standard InChI is InChI=1S/C13H18FN/c14-8-1-2-11-3-5-12(6-4-11)13-7-9-15-10-13/h3-6,13,15H,1-2,7-10H2. The lowest BCUT2D eigenvalue weighted by Gasteiger charge is -2.09. The molecule has 2 rings (SSSR count). The van der Waals surface area contributed by atoms with Crippen molar-refractivity contribution in [3.05, 3.63) is 35.4 Å². The fourth-order valence-electron chi connectivity index (χ4n) is 2.17. The van der Waals surface area contributed by atoms with Crippen molar-refractivity contribution >= 4 is 0 Å². The second-order valence-corrected chi connectivity index (χ2v) is 4.22. The molecule has 0 aromatic heterocycles. The van der Waals surface area contributed by atoms with Crippen LogP contribution in [0.25, 0.3) is 0 Å². The summed E-state index contributed by atoms with van der Waals surface area (Å²) in [4.78, 5) is 0. The van der Waals surface area contributed by atoms with E-state index in [2.05, 4.69) is 29.6 Å². The SMILES string of the molecule is FCCCc1ccc(C2CCNC2)cc1. The fourth-order valence-corrected chi connectivity index (χ4v) is 2.17. The number of nitrogens with one attached hydrogen (secondary N) is 1. The number of halogens is 1. The highest BCUT2D eigenvalue weighted by Gasteiger charge is 2.15. The van der Waals surface area contributed by atoms with Crippen molar-refractivity contribution in [1.29, 1.82) is 0 Å². The second kappa shape index (κ2) is 5.26. The average molecular weight is 207 g/mol. The van der Waals surface area contributed by atoms with Gasteiger partial charge in [0, 0.05) is 6.54 Å². The van der Waals surface area contributed by atoms with E-state index in [1.807, 2.05) is 0 Å². The summed E-state index contributed by atoms with van der Waals surface area (Å²) in [5, 5.41) is 3.37. The summed E-state index contributed by atoms with van der Waals surface area (Å²) in [6, 6.07) is 8.68. The van der Waals surface area contributed by atoms with Crippen molar-refractivity contribution in [2.75, 3.05) is 19.8 Å². The van der Waals surface area contributed by atoms with E-state index in [-0.39, 0.29) is 6.67 Å². The van der Waals surface area contributed by atoms with E-state index in [4.69, 9.17) is 0 Å². The maximum atomic E-state index is 12.0. The number of alkyl halides is 1. The molecule has 1 fully saturated rings. The van der Waals surface area contributed by atoms with Crippen LogP contribution in [0.3, 0.4) is 0 Å². The third-order valence-corrected chi connectivity index (χ3v) is 3.11. The number of rotatable bonds is 4. The van der Waals surface area contributed by atoms with Crippen LogP contribution in [0.5, 0.6) is 0 Å². The van der Waals surface area contributed by atoms with E-state index in [1.54, 1.807) is 0 Å². The Kier molecular flexibility index (Phi) is 3.73. The fraction of sp³-hybridized carbons (Fsp3) is 0.538. The van der Waals surface area contributed by atoms with Crippen molar-refractivity contribution in [3.8, 4) is 0 Å². The Morgan fingerprint density at radius 1 is 1.27 bits per heavy atom. The largest absolute Gasteiger partial charge is 0.316 e. The molecule has 0 aliphatic carbocycles. The van der Waals surface area contributed by atoms with Crippen molar-refractivity contribution in [2.45, 2.75) is 25.2 Å². The number of aryl methyl sites for hydroxylation is 1. The maximum absolute atomic E-state index is 12.0. The zero-order chi connectivity index (χ0) is 10.5. The van der Waals surface area contributed by atoms with E-state index < -0.39 is 0 Å². The van der Waals surface area contributed by atoms with Crippen LogP contribution in [-0.2, 0) is 6.42 Å². The lowest BCUT2D eigenvalue weighted by Crippen LogP contribution is -2.07. The summed E-state index contributed by atoms with van der Waals surface area (Å²) < 4.78 is 12.0. The Hall–Kier alpha value is -0.890. The number of hydrogen-bond donors (Lipinski definition) is 1. The quantitative estimate of drug-likeness (QED) is 0.800. The molecule has 1 aliphatic rings. The minimum Gasteiger partial charge on any atom is -0.316 e. The van der Waals surface area contributed by atoms with E-state index in [1.165, 1.54) is 17.5 Å². The molecule has 1 nitrogen and oxygen atoms in total. The summed E-state index contributed by atoms with van der Waals surface area (Å²) in [5.41, 5.74) is 2.67. The van der Waals surface area contributed by atoms with Gasteiger partial charge in [-0.25, -0.2) is 0 Å². The van der Waals surface area contributed by atoms with Crippen LogP contribution in [0.1, 0.15) is 29.9 Å². The van der Waals surface area contributed by atoms with Gasteiger partial charge >= 0.3 is 0 Å². The number of hydrogen-bond acceptors (Lipinski definition) is 1. The normalized spacial score (nSPS) is 20.7. The first-order chi connectivity index (χ1) is 7.40. The average Bonchev–Trinajstić information content (AvgIpc) is 2.80. The highest BCUT2D eigenvalue weighted by molar-refractivity contribution is 5.26. The Labute approximate surface area is 90.7 Å². The molecular weight excluding hydrogens is 189 g/mol. The first kappa shape index (κ1) is 10.6. The van der Waals surface area contributed by atoms with Gasteiger partial charge in [0.15, 0.2) is 0 Å². The van der Waals surface area contributed by atoms with E-state index in [0.717, 1.165) is 19.5 Å². The first-order valence-corrected chi connectivity index (χ1v) is 5.75. The third kappa shape index (κ3) is 2.78. The minimum absolute atomic E-state index is 0.214. The van der Waals surface area contributed by atoms with Gasteiger partial charge in [-0.15, -0.1) is 0 Å². The topological polar surface area (TPSA) is 12.0 Å². The van der Waals surface area contributed by atoms with Crippen LogP contribution < -0.4 is 5.32 Å². The molecule has 1 unspecified atom stereocenters. The molecule has 1 aromatic rings. The molecule has 1 N–H and O–H groups in total. The molecule has 0 amide bonds. The summed E-state index contributed by atoms with van der Waals surface area (Å²) >= 11 is 0. The molecule has 2 heteroatoms. The summed E-state index contributed by atoms with van der Waals surface area (Å²) in [6.07, 6.45) is 2.74. The monoisotopic (exact) mass is 207 g/mol. The van der Waals surface area contributed by atoms with Gasteiger partial charge in [-0.3, -0.25) is 4.39 Å². The second-order valence-electron chi connectivity index (χ2n) is 4.22. The van der Waals surface area contributed by atoms with Gasteiger partial charge in [0.05, 0.1) is 6.67 Å². The van der Waals surface area contributed by atoms with E-state index in [0.29, 0.717) is 12.3 Å². The molecule has 0 radical (unpaired) electrons. The maximum Gasteiger partial charge on any atom is 0.0897 e. The van der Waals surface area contributed by atoms with Crippen molar-refractivity contribution in [2.24, 2.45) is 0 Å². The zero-order valence-electron chi connectivity index (χ0n) is 9.01. The van der Waals surface area contributed by atoms with Crippen molar-refractivity contribution in [1.82, 2.24) is 5.32 Å². The predicted molar refractivity (Wildman–Crippen MR) is 61.0 cm³/mol. The van der Waals surface area contributed by atoms with Gasteiger partial charge in [0.2, 0.25) is 0 Å². The van der Waals surface area contributed by atoms with Gasteiger partial charge in [-0.2, -0.15) is 0 Å². The van der Waals surface area contributed by atoms with Gasteiger partial charge < -0.3 is 5.32 Å². The molecular formula is C13H18FN. The number of benzene rings is 1. The Morgan fingerprint density at radius 3 is 2.67 bits per heavy atom. The first-order valence-electron chi connectivity index (χ1n) is 5.75. The van der Waals surface area contributed by atoms with Crippen LogP contribution in [0.2, 0.25) is 0 Å². The van der Waals surface area contributed by atoms with Gasteiger partial charge in [0.25, 0.3) is 0 Å². The van der Waals surface area contributed by atoms with Crippen molar-refractivity contribution in [3.63, 3.8) is 0 Å². The molecule has 82 valence electrons. The smallest absolute Gasteiger partial charge is 0.0897 e. The van der Waals surface area contributed by atoms with Gasteiger partial charge in [-0.05, 0) is 42.9 Å². The summed E-state index contributed by atoms with van der Waals surface area (Å²) in [6.45, 7) is 2.02. The van der Waals surface area contributed by atoms with E-state index in [9.17, 15) is 4.39 Å². The third-order valence-electron chi connectivity index (χ3n) is 3.11. The van der Waals surface area contributed by atoms with Crippen LogP contribution in [-0.4, -0.2) is 19.8 Å². The van der Waals surface area contributed by atoms with Crippen LogP contribution in [0, 0.1) is 0 Å². The van der Waals surface area contributed by atoms with Gasteiger partial charge in [0.1, 0.15) is 0 Å². The lowest BCUT2D eigenvalue weighted by molar-refractivity contribution is 0.473. The van der Waals surface area contributed by atoms with Gasteiger partial charge in [-0.1, -0.05) is 24.3 Å². The zero-order valence-corrected chi connectivity index (χ0v) is 9.01. The summed E-state index contributed by atoms with van der Waals surface area (Å²) in [7, 11) is 0. The lowest BCUT2D eigenvalue weighted by atomic mass is 9.96. The molecule has 0 saturated carbocycles. The molecule has 1 aromatic carbocycles. The molecule has 1 aliphatic heterocycles. The molecule has 15 heavy (non-hydrogen) atoms. The minimum atomic E-state index is -0.214.